The Morgan fingerprint density at radius 2 is 2.15 bits per heavy atom. The van der Waals surface area contributed by atoms with E-state index in [1.807, 2.05) is 0 Å². The van der Waals surface area contributed by atoms with Crippen LogP contribution in [0.4, 0.5) is 11.4 Å². The van der Waals surface area contributed by atoms with E-state index in [4.69, 9.17) is 10.9 Å². The van der Waals surface area contributed by atoms with Crippen LogP contribution in [0.1, 0.15) is 18.4 Å². The highest BCUT2D eigenvalue weighted by molar-refractivity contribution is 7.89. The van der Waals surface area contributed by atoms with Crippen LogP contribution >= 0.6 is 0 Å². The van der Waals surface area contributed by atoms with Crippen LogP contribution in [-0.2, 0) is 10.0 Å². The molecule has 1 fully saturated rings. The van der Waals surface area contributed by atoms with Gasteiger partial charge in [0.05, 0.1) is 4.90 Å². The number of primary sulfonamides is 1. The zero-order valence-electron chi connectivity index (χ0n) is 11.9. The molecule has 7 heteroatoms. The van der Waals surface area contributed by atoms with Crippen molar-refractivity contribution in [2.75, 3.05) is 31.2 Å². The molecular weight excluding hydrogens is 276 g/mol. The van der Waals surface area contributed by atoms with Gasteiger partial charge in [0.1, 0.15) is 0 Å². The topological polar surface area (TPSA) is 101 Å². The first kappa shape index (κ1) is 15.1. The van der Waals surface area contributed by atoms with E-state index in [1.54, 1.807) is 13.0 Å². The molecule has 112 valence electrons. The third-order valence-electron chi connectivity index (χ3n) is 3.89. The number of nitrogens with zero attached hydrogens (tertiary/aromatic N) is 1. The predicted octanol–water partition coefficient (Wildman–Crippen LogP) is 0.731. The van der Waals surface area contributed by atoms with Crippen molar-refractivity contribution in [1.82, 2.24) is 4.90 Å². The Balaban J connectivity index is 2.21. The molecule has 1 aromatic carbocycles. The Morgan fingerprint density at radius 3 is 2.70 bits per heavy atom. The Kier molecular flexibility index (Phi) is 4.22. The zero-order valence-corrected chi connectivity index (χ0v) is 12.7. The van der Waals surface area contributed by atoms with E-state index >= 15 is 0 Å². The third kappa shape index (κ3) is 3.23. The van der Waals surface area contributed by atoms with Crippen molar-refractivity contribution in [3.8, 4) is 0 Å². The maximum absolute atomic E-state index is 11.6. The normalized spacial score (nSPS) is 20.2. The molecule has 0 spiro atoms. The first-order chi connectivity index (χ1) is 9.29. The number of likely N-dealkylation sites (N-methyl/N-ethyl adjacent to an activating group) is 1. The molecule has 1 atom stereocenters. The van der Waals surface area contributed by atoms with Gasteiger partial charge >= 0.3 is 0 Å². The van der Waals surface area contributed by atoms with E-state index < -0.39 is 10.0 Å². The molecule has 5 N–H and O–H groups in total. The smallest absolute Gasteiger partial charge is 0.238 e. The largest absolute Gasteiger partial charge is 0.399 e. The Bertz CT molecular complexity index is 601. The SMILES string of the molecule is Cc1c(NCC2CCCN2C)cc(N)cc1S(N)(=O)=O. The molecule has 1 aliphatic rings. The zero-order chi connectivity index (χ0) is 14.9. The Morgan fingerprint density at radius 1 is 1.45 bits per heavy atom. The van der Waals surface area contributed by atoms with E-state index in [0.29, 0.717) is 17.3 Å². The second-order valence-electron chi connectivity index (χ2n) is 5.39. The number of benzene rings is 1. The lowest BCUT2D eigenvalue weighted by Gasteiger charge is -2.21. The summed E-state index contributed by atoms with van der Waals surface area (Å²) in [5.74, 6) is 0. The monoisotopic (exact) mass is 298 g/mol. The molecule has 0 aliphatic carbocycles. The number of hydrogen-bond donors (Lipinski definition) is 3. The summed E-state index contributed by atoms with van der Waals surface area (Å²) < 4.78 is 23.1. The average Bonchev–Trinajstić information content (AvgIpc) is 2.74. The van der Waals surface area contributed by atoms with E-state index in [0.717, 1.165) is 25.2 Å². The number of sulfonamides is 1. The van der Waals surface area contributed by atoms with E-state index in [2.05, 4.69) is 17.3 Å². The summed E-state index contributed by atoms with van der Waals surface area (Å²) >= 11 is 0. The number of hydrogen-bond acceptors (Lipinski definition) is 5. The predicted molar refractivity (Wildman–Crippen MR) is 81.1 cm³/mol. The minimum Gasteiger partial charge on any atom is -0.399 e. The summed E-state index contributed by atoms with van der Waals surface area (Å²) in [7, 11) is -1.66. The van der Waals surface area contributed by atoms with Gasteiger partial charge in [-0.15, -0.1) is 0 Å². The van der Waals surface area contributed by atoms with Gasteiger partial charge in [-0.2, -0.15) is 0 Å². The number of rotatable bonds is 4. The molecule has 0 radical (unpaired) electrons. The van der Waals surface area contributed by atoms with Crippen molar-refractivity contribution in [3.63, 3.8) is 0 Å². The molecule has 0 aromatic heterocycles. The minimum absolute atomic E-state index is 0.0831. The molecule has 2 rings (SSSR count). The molecule has 1 unspecified atom stereocenters. The molecule has 6 nitrogen and oxygen atoms in total. The number of nitrogens with two attached hydrogens (primary N) is 2. The van der Waals surface area contributed by atoms with Crippen LogP contribution in [0.3, 0.4) is 0 Å². The summed E-state index contributed by atoms with van der Waals surface area (Å²) in [6.45, 7) is 3.61. The Hall–Kier alpha value is -1.31. The van der Waals surface area contributed by atoms with Crippen LogP contribution in [0.5, 0.6) is 0 Å². The molecule has 20 heavy (non-hydrogen) atoms. The summed E-state index contributed by atoms with van der Waals surface area (Å²) in [4.78, 5) is 2.38. The van der Waals surface area contributed by atoms with Gasteiger partial charge in [0.25, 0.3) is 0 Å². The second kappa shape index (κ2) is 5.59. The fourth-order valence-corrected chi connectivity index (χ4v) is 3.49. The van der Waals surface area contributed by atoms with Crippen LogP contribution in [-0.4, -0.2) is 39.5 Å². The summed E-state index contributed by atoms with van der Waals surface area (Å²) in [6, 6.07) is 3.62. The number of likely N-dealkylation sites (tertiary alicyclic amines) is 1. The van der Waals surface area contributed by atoms with Gasteiger partial charge in [-0.25, -0.2) is 13.6 Å². The molecule has 0 saturated carbocycles. The van der Waals surface area contributed by atoms with Crippen LogP contribution < -0.4 is 16.2 Å². The standard InChI is InChI=1S/C13H22N4O2S/c1-9-12(16-8-11-4-3-5-17(11)2)6-10(14)7-13(9)20(15,18)19/h6-7,11,16H,3-5,8,14H2,1-2H3,(H2,15,18,19). The molecule has 1 saturated heterocycles. The maximum atomic E-state index is 11.6. The van der Waals surface area contributed by atoms with Crippen LogP contribution in [0.2, 0.25) is 0 Å². The van der Waals surface area contributed by atoms with Gasteiger partial charge < -0.3 is 16.0 Å². The quantitative estimate of drug-likeness (QED) is 0.711. The minimum atomic E-state index is -3.76. The molecule has 1 aliphatic heterocycles. The highest BCUT2D eigenvalue weighted by atomic mass is 32.2. The average molecular weight is 298 g/mol. The highest BCUT2D eigenvalue weighted by Gasteiger charge is 2.21. The van der Waals surface area contributed by atoms with Gasteiger partial charge in [0.2, 0.25) is 10.0 Å². The molecular formula is C13H22N4O2S. The first-order valence-electron chi connectivity index (χ1n) is 6.66. The molecule has 0 bridgehead atoms. The van der Waals surface area contributed by atoms with Crippen LogP contribution in [0.15, 0.2) is 17.0 Å². The van der Waals surface area contributed by atoms with Gasteiger partial charge in [0, 0.05) is 24.0 Å². The fraction of sp³-hybridized carbons (Fsp3) is 0.538. The maximum Gasteiger partial charge on any atom is 0.238 e. The van der Waals surface area contributed by atoms with Gasteiger partial charge in [-0.3, -0.25) is 0 Å². The van der Waals surface area contributed by atoms with Crippen LogP contribution in [0.25, 0.3) is 0 Å². The summed E-state index contributed by atoms with van der Waals surface area (Å²) in [5, 5.41) is 8.51. The molecule has 1 heterocycles. The van der Waals surface area contributed by atoms with Crippen molar-refractivity contribution in [1.29, 1.82) is 0 Å². The Labute approximate surface area is 120 Å². The number of nitrogens with one attached hydrogen (secondary N) is 1. The van der Waals surface area contributed by atoms with Crippen molar-refractivity contribution in [3.05, 3.63) is 17.7 Å². The van der Waals surface area contributed by atoms with Crippen molar-refractivity contribution in [2.45, 2.75) is 30.7 Å². The van der Waals surface area contributed by atoms with E-state index in [-0.39, 0.29) is 4.90 Å². The molecule has 0 amide bonds. The van der Waals surface area contributed by atoms with Gasteiger partial charge in [0.15, 0.2) is 0 Å². The lowest BCUT2D eigenvalue weighted by molar-refractivity contribution is 0.322. The number of nitrogen functional groups attached to an aromatic ring is 1. The second-order valence-corrected chi connectivity index (χ2v) is 6.92. The summed E-state index contributed by atoms with van der Waals surface area (Å²) in [6.07, 6.45) is 2.34. The third-order valence-corrected chi connectivity index (χ3v) is 4.93. The lowest BCUT2D eigenvalue weighted by atomic mass is 10.1. The first-order valence-corrected chi connectivity index (χ1v) is 8.20. The number of anilines is 2. The van der Waals surface area contributed by atoms with Crippen LogP contribution in [0, 0.1) is 6.92 Å². The lowest BCUT2D eigenvalue weighted by Crippen LogP contribution is -2.31. The van der Waals surface area contributed by atoms with Crippen molar-refractivity contribution in [2.24, 2.45) is 5.14 Å². The van der Waals surface area contributed by atoms with Gasteiger partial charge in [-0.1, -0.05) is 0 Å². The summed E-state index contributed by atoms with van der Waals surface area (Å²) in [5.41, 5.74) is 7.50. The highest BCUT2D eigenvalue weighted by Crippen LogP contribution is 2.26. The molecule has 1 aromatic rings. The van der Waals surface area contributed by atoms with Crippen molar-refractivity contribution >= 4 is 21.4 Å². The van der Waals surface area contributed by atoms with E-state index in [9.17, 15) is 8.42 Å². The van der Waals surface area contributed by atoms with E-state index in [1.165, 1.54) is 12.5 Å². The van der Waals surface area contributed by atoms with Gasteiger partial charge in [-0.05, 0) is 51.1 Å². The fourth-order valence-electron chi connectivity index (χ4n) is 2.65. The van der Waals surface area contributed by atoms with Crippen molar-refractivity contribution < 1.29 is 8.42 Å².